The molecule has 1 aromatic rings. The van der Waals surface area contributed by atoms with Crippen LogP contribution in [0, 0.1) is 0 Å². The fourth-order valence-corrected chi connectivity index (χ4v) is 1.52. The Balaban J connectivity index is 0.00000400. The number of alkyl halides is 2. The van der Waals surface area contributed by atoms with Gasteiger partial charge in [-0.05, 0) is 31.5 Å². The van der Waals surface area contributed by atoms with Crippen LogP contribution >= 0.6 is 12.4 Å². The zero-order valence-corrected chi connectivity index (χ0v) is 12.6. The van der Waals surface area contributed by atoms with E-state index in [0.29, 0.717) is 13.0 Å². The molecule has 0 saturated carbocycles. The van der Waals surface area contributed by atoms with Gasteiger partial charge in [0.2, 0.25) is 0 Å². The number of nitrogens with two attached hydrogens (primary N) is 1. The fraction of sp³-hybridized carbons (Fsp3) is 0.462. The number of halogens is 3. The van der Waals surface area contributed by atoms with Crippen LogP contribution in [0.1, 0.15) is 23.7 Å². The number of ether oxygens (including phenoxy) is 2. The molecule has 1 atom stereocenters. The molecule has 5 nitrogen and oxygen atoms in total. The quantitative estimate of drug-likeness (QED) is 0.806. The molecule has 21 heavy (non-hydrogen) atoms. The van der Waals surface area contributed by atoms with Gasteiger partial charge < -0.3 is 20.5 Å². The molecule has 1 amide bonds. The van der Waals surface area contributed by atoms with Crippen LogP contribution in [0.25, 0.3) is 0 Å². The molecule has 8 heteroatoms. The summed E-state index contributed by atoms with van der Waals surface area (Å²) in [5.74, 6) is -0.424. The number of benzene rings is 1. The zero-order chi connectivity index (χ0) is 15.1. The smallest absolute Gasteiger partial charge is 0.387 e. The highest BCUT2D eigenvalue weighted by Crippen LogP contribution is 2.29. The molecule has 0 bridgehead atoms. The summed E-state index contributed by atoms with van der Waals surface area (Å²) in [5, 5.41) is 2.65. The van der Waals surface area contributed by atoms with Crippen LogP contribution in [0.15, 0.2) is 18.2 Å². The molecule has 0 radical (unpaired) electrons. The van der Waals surface area contributed by atoms with Gasteiger partial charge in [-0.3, -0.25) is 4.79 Å². The number of amides is 1. The fourth-order valence-electron chi connectivity index (χ4n) is 1.52. The molecule has 1 aromatic carbocycles. The Kier molecular flexibility index (Phi) is 8.64. The Bertz CT molecular complexity index is 459. The lowest BCUT2D eigenvalue weighted by atomic mass is 10.2. The number of methoxy groups -OCH3 is 1. The van der Waals surface area contributed by atoms with E-state index in [1.54, 1.807) is 0 Å². The molecule has 1 rings (SSSR count). The summed E-state index contributed by atoms with van der Waals surface area (Å²) in [5.41, 5.74) is 5.78. The van der Waals surface area contributed by atoms with Crippen LogP contribution in [0.2, 0.25) is 0 Å². The van der Waals surface area contributed by atoms with E-state index in [9.17, 15) is 13.6 Å². The van der Waals surface area contributed by atoms with E-state index in [-0.39, 0.29) is 41.4 Å². The Morgan fingerprint density at radius 3 is 2.57 bits per heavy atom. The number of nitrogens with one attached hydrogen (secondary N) is 1. The van der Waals surface area contributed by atoms with Crippen LogP contribution in [0.5, 0.6) is 11.5 Å². The Morgan fingerprint density at radius 1 is 1.38 bits per heavy atom. The number of hydrogen-bond acceptors (Lipinski definition) is 4. The molecule has 120 valence electrons. The Hall–Kier alpha value is -1.60. The van der Waals surface area contributed by atoms with E-state index in [2.05, 4.69) is 10.1 Å². The van der Waals surface area contributed by atoms with E-state index in [1.807, 2.05) is 6.92 Å². The standard InChI is InChI=1S/C13H18F2N2O3.ClH/c1-8(16)5-6-17-12(18)9-3-4-10(19-2)11(7-9)20-13(14)15;/h3-4,7-8,13H,5-6,16H2,1-2H3,(H,17,18);1H. The lowest BCUT2D eigenvalue weighted by Crippen LogP contribution is -2.28. The Morgan fingerprint density at radius 2 is 2.05 bits per heavy atom. The van der Waals surface area contributed by atoms with Gasteiger partial charge >= 0.3 is 6.61 Å². The van der Waals surface area contributed by atoms with Crippen molar-refractivity contribution in [3.05, 3.63) is 23.8 Å². The van der Waals surface area contributed by atoms with E-state index in [0.717, 1.165) is 0 Å². The van der Waals surface area contributed by atoms with Crippen LogP contribution in [-0.4, -0.2) is 32.2 Å². The summed E-state index contributed by atoms with van der Waals surface area (Å²) < 4.78 is 33.7. The maximum Gasteiger partial charge on any atom is 0.387 e. The van der Waals surface area contributed by atoms with E-state index in [1.165, 1.54) is 25.3 Å². The molecule has 1 unspecified atom stereocenters. The van der Waals surface area contributed by atoms with Gasteiger partial charge in [0.1, 0.15) is 0 Å². The molecular formula is C13H19ClF2N2O3. The normalized spacial score (nSPS) is 11.5. The third-order valence-corrected chi connectivity index (χ3v) is 2.53. The average Bonchev–Trinajstić information content (AvgIpc) is 2.37. The number of carbonyl (C=O) groups excluding carboxylic acids is 1. The van der Waals surface area contributed by atoms with Crippen LogP contribution in [0.3, 0.4) is 0 Å². The van der Waals surface area contributed by atoms with Crippen LogP contribution < -0.4 is 20.5 Å². The lowest BCUT2D eigenvalue weighted by Gasteiger charge is -2.12. The maximum atomic E-state index is 12.3. The topological polar surface area (TPSA) is 73.6 Å². The van der Waals surface area contributed by atoms with Crippen LogP contribution in [-0.2, 0) is 0 Å². The molecule has 0 spiro atoms. The summed E-state index contributed by atoms with van der Waals surface area (Å²) in [4.78, 5) is 11.8. The minimum Gasteiger partial charge on any atom is -0.493 e. The minimum atomic E-state index is -2.99. The van der Waals surface area contributed by atoms with Gasteiger partial charge in [-0.25, -0.2) is 0 Å². The van der Waals surface area contributed by atoms with E-state index >= 15 is 0 Å². The second-order valence-electron chi connectivity index (χ2n) is 4.27. The predicted molar refractivity (Wildman–Crippen MR) is 77.5 cm³/mol. The molecule has 0 aliphatic heterocycles. The summed E-state index contributed by atoms with van der Waals surface area (Å²) >= 11 is 0. The van der Waals surface area contributed by atoms with Crippen molar-refractivity contribution in [3.63, 3.8) is 0 Å². The van der Waals surface area contributed by atoms with Crippen LogP contribution in [0.4, 0.5) is 8.78 Å². The first-order valence-corrected chi connectivity index (χ1v) is 6.10. The van der Waals surface area contributed by atoms with Crippen molar-refractivity contribution in [2.24, 2.45) is 5.73 Å². The first-order valence-electron chi connectivity index (χ1n) is 6.10. The van der Waals surface area contributed by atoms with Gasteiger partial charge in [0, 0.05) is 18.2 Å². The molecule has 0 aliphatic carbocycles. The van der Waals surface area contributed by atoms with Crippen molar-refractivity contribution < 1.29 is 23.0 Å². The van der Waals surface area contributed by atoms with Gasteiger partial charge in [0.05, 0.1) is 7.11 Å². The second-order valence-corrected chi connectivity index (χ2v) is 4.27. The Labute approximate surface area is 128 Å². The monoisotopic (exact) mass is 324 g/mol. The summed E-state index contributed by atoms with van der Waals surface area (Å²) in [6, 6.07) is 4.06. The van der Waals surface area contributed by atoms with Gasteiger partial charge in [0.25, 0.3) is 5.91 Å². The molecular weight excluding hydrogens is 306 g/mol. The van der Waals surface area contributed by atoms with Gasteiger partial charge in [-0.2, -0.15) is 8.78 Å². The highest BCUT2D eigenvalue weighted by atomic mass is 35.5. The molecule has 0 fully saturated rings. The van der Waals surface area contributed by atoms with Crippen molar-refractivity contribution in [2.45, 2.75) is 26.0 Å². The van der Waals surface area contributed by atoms with Crippen molar-refractivity contribution in [1.82, 2.24) is 5.32 Å². The predicted octanol–water partition coefficient (Wildman–Crippen LogP) is 2.19. The molecule has 3 N–H and O–H groups in total. The maximum absolute atomic E-state index is 12.3. The lowest BCUT2D eigenvalue weighted by molar-refractivity contribution is -0.0512. The van der Waals surface area contributed by atoms with Gasteiger partial charge in [-0.15, -0.1) is 12.4 Å². The van der Waals surface area contributed by atoms with Crippen molar-refractivity contribution >= 4 is 18.3 Å². The first-order chi connectivity index (χ1) is 9.43. The first kappa shape index (κ1) is 19.4. The number of hydrogen-bond donors (Lipinski definition) is 2. The largest absolute Gasteiger partial charge is 0.493 e. The summed E-state index contributed by atoms with van der Waals surface area (Å²) in [6.45, 7) is -0.748. The van der Waals surface area contributed by atoms with E-state index < -0.39 is 6.61 Å². The van der Waals surface area contributed by atoms with Gasteiger partial charge in [-0.1, -0.05) is 0 Å². The van der Waals surface area contributed by atoms with Crippen molar-refractivity contribution in [1.29, 1.82) is 0 Å². The zero-order valence-electron chi connectivity index (χ0n) is 11.8. The third-order valence-electron chi connectivity index (χ3n) is 2.53. The summed E-state index contributed by atoms with van der Waals surface area (Å²) in [7, 11) is 1.33. The molecule has 0 aromatic heterocycles. The number of carbonyl (C=O) groups is 1. The second kappa shape index (κ2) is 9.36. The third kappa shape index (κ3) is 6.59. The molecule has 0 saturated heterocycles. The highest BCUT2D eigenvalue weighted by Gasteiger charge is 2.14. The van der Waals surface area contributed by atoms with Crippen molar-refractivity contribution in [2.75, 3.05) is 13.7 Å². The van der Waals surface area contributed by atoms with Crippen molar-refractivity contribution in [3.8, 4) is 11.5 Å². The minimum absolute atomic E-state index is 0. The average molecular weight is 325 g/mol. The SMILES string of the molecule is COc1ccc(C(=O)NCCC(C)N)cc1OC(F)F.Cl. The van der Waals surface area contributed by atoms with Gasteiger partial charge in [0.15, 0.2) is 11.5 Å². The number of rotatable bonds is 7. The molecule has 0 aliphatic rings. The summed E-state index contributed by atoms with van der Waals surface area (Å²) in [6.07, 6.45) is 0.627. The highest BCUT2D eigenvalue weighted by molar-refractivity contribution is 5.94. The van der Waals surface area contributed by atoms with E-state index in [4.69, 9.17) is 10.5 Å². The molecule has 0 heterocycles.